The molecule has 0 saturated heterocycles. The lowest BCUT2D eigenvalue weighted by Crippen LogP contribution is -2.37. The van der Waals surface area contributed by atoms with E-state index in [0.29, 0.717) is 11.6 Å². The van der Waals surface area contributed by atoms with Crippen LogP contribution in [-0.4, -0.2) is 33.7 Å². The van der Waals surface area contributed by atoms with Gasteiger partial charge in [0.15, 0.2) is 0 Å². The minimum atomic E-state index is -0.0126. The Hall–Kier alpha value is -0.970. The first-order chi connectivity index (χ1) is 7.79. The van der Waals surface area contributed by atoms with Gasteiger partial charge in [0.2, 0.25) is 0 Å². The zero-order valence-corrected chi connectivity index (χ0v) is 10.2. The predicted octanol–water partition coefficient (Wildman–Crippen LogP) is 1.81. The number of rotatable bonds is 3. The number of amides is 1. The third-order valence-electron chi connectivity index (χ3n) is 3.10. The fourth-order valence-electron chi connectivity index (χ4n) is 2.09. The number of hydrogen-bond donors (Lipinski definition) is 2. The van der Waals surface area contributed by atoms with E-state index < -0.39 is 0 Å². The van der Waals surface area contributed by atoms with Gasteiger partial charge in [0.25, 0.3) is 5.91 Å². The number of carbonyl (C=O) groups is 1. The topological polar surface area (TPSA) is 57.8 Å². The number of aromatic amines is 1. The van der Waals surface area contributed by atoms with E-state index in [2.05, 4.69) is 21.8 Å². The number of hydrogen-bond acceptors (Lipinski definition) is 3. The Bertz CT molecular complexity index is 331. The molecule has 0 spiro atoms. The highest BCUT2D eigenvalue weighted by atomic mass is 32.2. The van der Waals surface area contributed by atoms with E-state index in [-0.39, 0.29) is 5.91 Å². The van der Waals surface area contributed by atoms with Gasteiger partial charge in [-0.3, -0.25) is 9.89 Å². The van der Waals surface area contributed by atoms with Gasteiger partial charge in [0.05, 0.1) is 11.8 Å². The minimum absolute atomic E-state index is 0.0126. The number of H-pyrrole nitrogens is 1. The molecular formula is C11H17N3OS. The summed E-state index contributed by atoms with van der Waals surface area (Å²) in [5.74, 6) is -0.0126. The molecule has 1 aliphatic rings. The second-order valence-corrected chi connectivity index (χ2v) is 5.31. The standard InChI is InChI=1S/C11H17N3OS/c1-16-10-4-2-9(3-5-10)14-11(15)8-6-12-13-7-8/h6-7,9-10H,2-5H2,1H3,(H,12,13)(H,14,15). The van der Waals surface area contributed by atoms with Gasteiger partial charge in [0, 0.05) is 17.5 Å². The summed E-state index contributed by atoms with van der Waals surface area (Å²) in [6.45, 7) is 0. The lowest BCUT2D eigenvalue weighted by molar-refractivity contribution is 0.0928. The van der Waals surface area contributed by atoms with E-state index in [4.69, 9.17) is 0 Å². The van der Waals surface area contributed by atoms with Crippen LogP contribution in [-0.2, 0) is 0 Å². The van der Waals surface area contributed by atoms with Gasteiger partial charge >= 0.3 is 0 Å². The van der Waals surface area contributed by atoms with E-state index >= 15 is 0 Å². The number of aromatic nitrogens is 2. The molecule has 1 amide bonds. The molecule has 1 aromatic heterocycles. The first-order valence-corrected chi connectivity index (χ1v) is 6.91. The van der Waals surface area contributed by atoms with Crippen LogP contribution in [0.15, 0.2) is 12.4 Å². The molecule has 1 aromatic rings. The molecule has 2 N–H and O–H groups in total. The zero-order chi connectivity index (χ0) is 11.4. The Balaban J connectivity index is 1.81. The fourth-order valence-corrected chi connectivity index (χ4v) is 2.83. The van der Waals surface area contributed by atoms with E-state index in [1.54, 1.807) is 12.4 Å². The van der Waals surface area contributed by atoms with Crippen LogP contribution in [0.1, 0.15) is 36.0 Å². The summed E-state index contributed by atoms with van der Waals surface area (Å²) in [5, 5.41) is 10.3. The van der Waals surface area contributed by atoms with Gasteiger partial charge in [-0.2, -0.15) is 16.9 Å². The second kappa shape index (κ2) is 5.39. The number of nitrogens with one attached hydrogen (secondary N) is 2. The average Bonchev–Trinajstić information content (AvgIpc) is 2.83. The molecule has 1 fully saturated rings. The van der Waals surface area contributed by atoms with Crippen LogP contribution in [0, 0.1) is 0 Å². The molecule has 5 heteroatoms. The van der Waals surface area contributed by atoms with Crippen molar-refractivity contribution in [2.75, 3.05) is 6.26 Å². The van der Waals surface area contributed by atoms with Gasteiger partial charge in [-0.05, 0) is 31.9 Å². The Morgan fingerprint density at radius 1 is 1.50 bits per heavy atom. The molecular weight excluding hydrogens is 222 g/mol. The van der Waals surface area contributed by atoms with Crippen molar-refractivity contribution in [1.29, 1.82) is 0 Å². The summed E-state index contributed by atoms with van der Waals surface area (Å²) in [4.78, 5) is 11.7. The van der Waals surface area contributed by atoms with Crippen molar-refractivity contribution in [3.05, 3.63) is 18.0 Å². The van der Waals surface area contributed by atoms with Crippen LogP contribution < -0.4 is 5.32 Å². The van der Waals surface area contributed by atoms with Crippen LogP contribution in [0.25, 0.3) is 0 Å². The monoisotopic (exact) mass is 239 g/mol. The van der Waals surface area contributed by atoms with Crippen molar-refractivity contribution in [2.24, 2.45) is 0 Å². The summed E-state index contributed by atoms with van der Waals surface area (Å²) >= 11 is 1.94. The summed E-state index contributed by atoms with van der Waals surface area (Å²) < 4.78 is 0. The molecule has 0 radical (unpaired) electrons. The van der Waals surface area contributed by atoms with Crippen LogP contribution in [0.5, 0.6) is 0 Å². The van der Waals surface area contributed by atoms with Crippen molar-refractivity contribution in [3.8, 4) is 0 Å². The van der Waals surface area contributed by atoms with Gasteiger partial charge < -0.3 is 5.32 Å². The van der Waals surface area contributed by atoms with Gasteiger partial charge in [-0.15, -0.1) is 0 Å². The smallest absolute Gasteiger partial charge is 0.254 e. The molecule has 0 bridgehead atoms. The van der Waals surface area contributed by atoms with Crippen LogP contribution in [0.2, 0.25) is 0 Å². The van der Waals surface area contributed by atoms with Crippen LogP contribution in [0.3, 0.4) is 0 Å². The van der Waals surface area contributed by atoms with Crippen molar-refractivity contribution < 1.29 is 4.79 Å². The maximum atomic E-state index is 11.7. The summed E-state index contributed by atoms with van der Waals surface area (Å²) in [6, 6.07) is 0.339. The Labute approximate surface area is 99.6 Å². The van der Waals surface area contributed by atoms with Crippen molar-refractivity contribution in [3.63, 3.8) is 0 Å². The molecule has 88 valence electrons. The molecule has 1 heterocycles. The van der Waals surface area contributed by atoms with Gasteiger partial charge in [-0.25, -0.2) is 0 Å². The van der Waals surface area contributed by atoms with E-state index in [0.717, 1.165) is 18.1 Å². The highest BCUT2D eigenvalue weighted by Crippen LogP contribution is 2.26. The number of thioether (sulfide) groups is 1. The molecule has 1 aliphatic carbocycles. The first kappa shape index (κ1) is 11.5. The number of nitrogens with zero attached hydrogens (tertiary/aromatic N) is 1. The third kappa shape index (κ3) is 2.78. The van der Waals surface area contributed by atoms with Crippen molar-refractivity contribution >= 4 is 17.7 Å². The quantitative estimate of drug-likeness (QED) is 0.846. The third-order valence-corrected chi connectivity index (χ3v) is 4.24. The Morgan fingerprint density at radius 2 is 2.25 bits per heavy atom. The molecule has 0 atom stereocenters. The molecule has 0 aromatic carbocycles. The SMILES string of the molecule is CSC1CCC(NC(=O)c2cn[nH]c2)CC1. The highest BCUT2D eigenvalue weighted by molar-refractivity contribution is 7.99. The molecule has 0 unspecified atom stereocenters. The first-order valence-electron chi connectivity index (χ1n) is 5.62. The highest BCUT2D eigenvalue weighted by Gasteiger charge is 2.22. The normalized spacial score (nSPS) is 25.3. The minimum Gasteiger partial charge on any atom is -0.349 e. The summed E-state index contributed by atoms with van der Waals surface area (Å²) in [6.07, 6.45) is 9.94. The lowest BCUT2D eigenvalue weighted by atomic mass is 9.95. The van der Waals surface area contributed by atoms with E-state index in [9.17, 15) is 4.79 Å². The van der Waals surface area contributed by atoms with Crippen molar-refractivity contribution in [2.45, 2.75) is 37.0 Å². The second-order valence-electron chi connectivity index (χ2n) is 4.17. The maximum Gasteiger partial charge on any atom is 0.254 e. The lowest BCUT2D eigenvalue weighted by Gasteiger charge is -2.27. The van der Waals surface area contributed by atoms with Crippen molar-refractivity contribution in [1.82, 2.24) is 15.5 Å². The molecule has 16 heavy (non-hydrogen) atoms. The van der Waals surface area contributed by atoms with E-state index in [1.807, 2.05) is 11.8 Å². The van der Waals surface area contributed by atoms with Gasteiger partial charge in [0.1, 0.15) is 0 Å². The molecule has 1 saturated carbocycles. The number of carbonyl (C=O) groups excluding carboxylic acids is 1. The van der Waals surface area contributed by atoms with Gasteiger partial charge in [-0.1, -0.05) is 0 Å². The van der Waals surface area contributed by atoms with Crippen LogP contribution >= 0.6 is 11.8 Å². The Kier molecular flexibility index (Phi) is 3.88. The summed E-state index contributed by atoms with van der Waals surface area (Å²) in [5.41, 5.74) is 0.618. The largest absolute Gasteiger partial charge is 0.349 e. The summed E-state index contributed by atoms with van der Waals surface area (Å²) in [7, 11) is 0. The predicted molar refractivity (Wildman–Crippen MR) is 65.6 cm³/mol. The maximum absolute atomic E-state index is 11.7. The molecule has 2 rings (SSSR count). The molecule has 0 aliphatic heterocycles. The fraction of sp³-hybridized carbons (Fsp3) is 0.636. The van der Waals surface area contributed by atoms with E-state index in [1.165, 1.54) is 12.8 Å². The zero-order valence-electron chi connectivity index (χ0n) is 9.40. The Morgan fingerprint density at radius 3 is 2.81 bits per heavy atom. The van der Waals surface area contributed by atoms with Crippen LogP contribution in [0.4, 0.5) is 0 Å². The molecule has 4 nitrogen and oxygen atoms in total. The average molecular weight is 239 g/mol.